The van der Waals surface area contributed by atoms with E-state index in [1.807, 2.05) is 13.8 Å². The molecule has 1 aliphatic heterocycles. The first-order valence-electron chi connectivity index (χ1n) is 6.45. The van der Waals surface area contributed by atoms with E-state index >= 15 is 0 Å². The number of carbonyl (C=O) groups is 2. The molecule has 0 unspecified atom stereocenters. The summed E-state index contributed by atoms with van der Waals surface area (Å²) >= 11 is 3.30. The number of benzene rings is 1. The molecule has 1 aliphatic rings. The van der Waals surface area contributed by atoms with Crippen molar-refractivity contribution >= 4 is 33.3 Å². The number of hydrogen-bond donors (Lipinski definition) is 0. The van der Waals surface area contributed by atoms with Crippen LogP contribution in [-0.2, 0) is 11.3 Å². The molecule has 0 spiro atoms. The molecule has 0 aliphatic carbocycles. The summed E-state index contributed by atoms with van der Waals surface area (Å²) < 4.78 is 5.89. The molecule has 6 nitrogen and oxygen atoms in total. The number of aromatic nitrogens is 2. The Bertz CT molecular complexity index is 739. The molecule has 21 heavy (non-hydrogen) atoms. The van der Waals surface area contributed by atoms with Crippen molar-refractivity contribution in [1.29, 1.82) is 0 Å². The number of hydrogen-bond acceptors (Lipinski definition) is 5. The minimum atomic E-state index is -0.576. The van der Waals surface area contributed by atoms with Crippen LogP contribution in [-0.4, -0.2) is 21.8 Å². The Morgan fingerprint density at radius 1 is 1.33 bits per heavy atom. The third-order valence-electron chi connectivity index (χ3n) is 3.23. The molecule has 0 atom stereocenters. The van der Waals surface area contributed by atoms with Gasteiger partial charge >= 0.3 is 0 Å². The van der Waals surface area contributed by atoms with Crippen LogP contribution in [0, 0.1) is 0 Å². The molecule has 0 bridgehead atoms. The van der Waals surface area contributed by atoms with Crippen LogP contribution in [0.15, 0.2) is 27.2 Å². The van der Waals surface area contributed by atoms with Crippen LogP contribution in [0.4, 0.5) is 5.69 Å². The van der Waals surface area contributed by atoms with Gasteiger partial charge in [-0.25, -0.2) is 0 Å². The van der Waals surface area contributed by atoms with Crippen molar-refractivity contribution in [1.82, 2.24) is 10.1 Å². The maximum absolute atomic E-state index is 12.1. The van der Waals surface area contributed by atoms with Crippen molar-refractivity contribution in [3.05, 3.63) is 40.0 Å². The summed E-state index contributed by atoms with van der Waals surface area (Å²) in [5, 5.41) is 3.86. The van der Waals surface area contributed by atoms with E-state index in [0.29, 0.717) is 23.0 Å². The predicted molar refractivity (Wildman–Crippen MR) is 78.0 cm³/mol. The van der Waals surface area contributed by atoms with Crippen LogP contribution < -0.4 is 4.90 Å². The summed E-state index contributed by atoms with van der Waals surface area (Å²) in [6.45, 7) is 4.00. The van der Waals surface area contributed by atoms with Crippen molar-refractivity contribution in [2.24, 2.45) is 0 Å². The first-order chi connectivity index (χ1) is 9.97. The van der Waals surface area contributed by atoms with E-state index in [2.05, 4.69) is 26.1 Å². The molecule has 0 saturated heterocycles. The van der Waals surface area contributed by atoms with E-state index < -0.39 is 11.7 Å². The highest BCUT2D eigenvalue weighted by Gasteiger charge is 2.36. The van der Waals surface area contributed by atoms with Crippen molar-refractivity contribution < 1.29 is 14.1 Å². The number of carbonyl (C=O) groups excluding carboxylic acids is 2. The number of fused-ring (bicyclic) bond motifs is 1. The summed E-state index contributed by atoms with van der Waals surface area (Å²) in [5.74, 6) is -0.0569. The molecule has 108 valence electrons. The van der Waals surface area contributed by atoms with Gasteiger partial charge in [-0.2, -0.15) is 4.98 Å². The highest BCUT2D eigenvalue weighted by Crippen LogP contribution is 2.32. The van der Waals surface area contributed by atoms with E-state index in [1.54, 1.807) is 18.2 Å². The van der Waals surface area contributed by atoms with Gasteiger partial charge in [0.15, 0.2) is 5.82 Å². The zero-order valence-corrected chi connectivity index (χ0v) is 13.0. The number of rotatable bonds is 3. The smallest absolute Gasteiger partial charge is 0.299 e. The summed E-state index contributed by atoms with van der Waals surface area (Å²) in [4.78, 5) is 29.7. The average molecular weight is 350 g/mol. The largest absolute Gasteiger partial charge is 0.337 e. The lowest BCUT2D eigenvalue weighted by molar-refractivity contribution is -0.114. The molecule has 3 rings (SSSR count). The molecular formula is C14H12BrN3O3. The molecule has 1 amide bonds. The molecule has 2 heterocycles. The quantitative estimate of drug-likeness (QED) is 0.796. The van der Waals surface area contributed by atoms with Crippen molar-refractivity contribution in [3.63, 3.8) is 0 Å². The molecule has 1 aromatic heterocycles. The second-order valence-electron chi connectivity index (χ2n) is 5.08. The lowest BCUT2D eigenvalue weighted by Gasteiger charge is -2.13. The van der Waals surface area contributed by atoms with Gasteiger partial charge in [0.05, 0.1) is 11.3 Å². The standard InChI is InChI=1S/C14H12BrN3O3/c1-7(2)13-16-11(21-17-13)6-18-10-4-3-8(15)5-9(10)12(19)14(18)20/h3-5,7H,6H2,1-2H3. The Hall–Kier alpha value is -2.02. The first kappa shape index (κ1) is 13.9. The van der Waals surface area contributed by atoms with Gasteiger partial charge in [-0.3, -0.25) is 14.5 Å². The highest BCUT2D eigenvalue weighted by molar-refractivity contribution is 9.10. The monoisotopic (exact) mass is 349 g/mol. The number of ketones is 1. The van der Waals surface area contributed by atoms with Crippen molar-refractivity contribution in [2.45, 2.75) is 26.3 Å². The van der Waals surface area contributed by atoms with E-state index in [9.17, 15) is 9.59 Å². The lowest BCUT2D eigenvalue weighted by Crippen LogP contribution is -2.29. The SMILES string of the molecule is CC(C)c1noc(CN2C(=O)C(=O)c3cc(Br)ccc32)n1. The highest BCUT2D eigenvalue weighted by atomic mass is 79.9. The minimum Gasteiger partial charge on any atom is -0.337 e. The molecule has 0 fully saturated rings. The molecule has 0 saturated carbocycles. The van der Waals surface area contributed by atoms with Crippen LogP contribution in [0.5, 0.6) is 0 Å². The van der Waals surface area contributed by atoms with Crippen LogP contribution in [0.2, 0.25) is 0 Å². The van der Waals surface area contributed by atoms with Gasteiger partial charge in [0.25, 0.3) is 11.7 Å². The van der Waals surface area contributed by atoms with Crippen LogP contribution in [0.3, 0.4) is 0 Å². The Morgan fingerprint density at radius 2 is 2.10 bits per heavy atom. The molecule has 0 radical (unpaired) electrons. The zero-order chi connectivity index (χ0) is 15.1. The fraction of sp³-hybridized carbons (Fsp3) is 0.286. The van der Waals surface area contributed by atoms with Crippen molar-refractivity contribution in [2.75, 3.05) is 4.90 Å². The molecular weight excluding hydrogens is 338 g/mol. The summed E-state index contributed by atoms with van der Waals surface area (Å²) in [7, 11) is 0. The zero-order valence-electron chi connectivity index (χ0n) is 11.5. The maximum Gasteiger partial charge on any atom is 0.299 e. The Balaban J connectivity index is 1.92. The third kappa shape index (κ3) is 2.37. The number of amides is 1. The Morgan fingerprint density at radius 3 is 2.76 bits per heavy atom. The second kappa shape index (κ2) is 5.07. The molecule has 2 aromatic rings. The van der Waals surface area contributed by atoms with Crippen LogP contribution in [0.1, 0.15) is 41.8 Å². The minimum absolute atomic E-state index is 0.0962. The fourth-order valence-electron chi connectivity index (χ4n) is 2.13. The Kier molecular flexibility index (Phi) is 3.36. The number of halogens is 1. The van der Waals surface area contributed by atoms with Gasteiger partial charge in [-0.1, -0.05) is 34.9 Å². The molecule has 1 aromatic carbocycles. The van der Waals surface area contributed by atoms with E-state index in [-0.39, 0.29) is 12.5 Å². The summed E-state index contributed by atoms with van der Waals surface area (Å²) in [5.41, 5.74) is 0.954. The predicted octanol–water partition coefficient (Wildman–Crippen LogP) is 2.69. The van der Waals surface area contributed by atoms with Gasteiger partial charge in [0.1, 0.15) is 6.54 Å². The second-order valence-corrected chi connectivity index (χ2v) is 6.00. The van der Waals surface area contributed by atoms with E-state index in [1.165, 1.54) is 4.90 Å². The topological polar surface area (TPSA) is 76.3 Å². The summed E-state index contributed by atoms with van der Waals surface area (Å²) in [6, 6.07) is 5.15. The Labute approximate surface area is 129 Å². The fourth-order valence-corrected chi connectivity index (χ4v) is 2.49. The van der Waals surface area contributed by atoms with Gasteiger partial charge < -0.3 is 4.52 Å². The van der Waals surface area contributed by atoms with Crippen LogP contribution >= 0.6 is 15.9 Å². The van der Waals surface area contributed by atoms with Gasteiger partial charge in [-0.05, 0) is 18.2 Å². The van der Waals surface area contributed by atoms with Crippen molar-refractivity contribution in [3.8, 4) is 0 Å². The van der Waals surface area contributed by atoms with Gasteiger partial charge in [0, 0.05) is 10.4 Å². The number of anilines is 1. The maximum atomic E-state index is 12.1. The van der Waals surface area contributed by atoms with E-state index in [4.69, 9.17) is 4.52 Å². The number of nitrogens with zero attached hydrogens (tertiary/aromatic N) is 3. The van der Waals surface area contributed by atoms with Crippen LogP contribution in [0.25, 0.3) is 0 Å². The van der Waals surface area contributed by atoms with Gasteiger partial charge in [-0.15, -0.1) is 0 Å². The normalized spacial score (nSPS) is 14.2. The average Bonchev–Trinajstić information content (AvgIpc) is 2.99. The lowest BCUT2D eigenvalue weighted by atomic mass is 10.1. The molecule has 7 heteroatoms. The van der Waals surface area contributed by atoms with Gasteiger partial charge in [0.2, 0.25) is 5.89 Å². The number of Topliss-reactive ketones (excluding diaryl/α,β-unsaturated/α-hetero) is 1. The first-order valence-corrected chi connectivity index (χ1v) is 7.25. The van der Waals surface area contributed by atoms with E-state index in [0.717, 1.165) is 4.47 Å². The molecule has 0 N–H and O–H groups in total. The summed E-state index contributed by atoms with van der Waals surface area (Å²) in [6.07, 6.45) is 0. The third-order valence-corrected chi connectivity index (χ3v) is 3.72.